The van der Waals surface area contributed by atoms with Gasteiger partial charge in [-0.15, -0.1) is 11.8 Å². The van der Waals surface area contributed by atoms with Gasteiger partial charge in [-0.25, -0.2) is 4.98 Å². The molecule has 1 atom stereocenters. The Morgan fingerprint density at radius 1 is 1.33 bits per heavy atom. The van der Waals surface area contributed by atoms with Crippen LogP contribution in [0.4, 0.5) is 0 Å². The van der Waals surface area contributed by atoms with Crippen LogP contribution in [0.2, 0.25) is 0 Å². The second-order valence-electron chi connectivity index (χ2n) is 4.22. The molecule has 0 saturated carbocycles. The highest BCUT2D eigenvalue weighted by atomic mass is 32.2. The number of nitrogens with two attached hydrogens (primary N) is 1. The molecule has 0 bridgehead atoms. The number of nitrogens with zero attached hydrogens (tertiary/aromatic N) is 2. The van der Waals surface area contributed by atoms with Crippen LogP contribution in [0.5, 0.6) is 0 Å². The lowest BCUT2D eigenvalue weighted by atomic mass is 10.2. The highest BCUT2D eigenvalue weighted by Gasteiger charge is 2.09. The summed E-state index contributed by atoms with van der Waals surface area (Å²) in [5.74, 6) is 2.00. The van der Waals surface area contributed by atoms with Gasteiger partial charge in [-0.1, -0.05) is 18.2 Å². The molecule has 0 aliphatic rings. The lowest BCUT2D eigenvalue weighted by Crippen LogP contribution is -2.27. The van der Waals surface area contributed by atoms with Gasteiger partial charge in [-0.2, -0.15) is 0 Å². The van der Waals surface area contributed by atoms with Crippen LogP contribution in [0.25, 0.3) is 0 Å². The summed E-state index contributed by atoms with van der Waals surface area (Å²) in [4.78, 5) is 5.63. The standard InChI is InChI=1S/C14H19N3S/c1-2-17-9-8-16-14(17)10-12(15)11-18-13-6-4-3-5-7-13/h3-9,12H,2,10-11,15H2,1H3. The fourth-order valence-electron chi connectivity index (χ4n) is 1.83. The van der Waals surface area contributed by atoms with Gasteiger partial charge in [0.1, 0.15) is 5.82 Å². The normalized spacial score (nSPS) is 12.6. The lowest BCUT2D eigenvalue weighted by Gasteiger charge is -2.12. The van der Waals surface area contributed by atoms with Gasteiger partial charge >= 0.3 is 0 Å². The average molecular weight is 261 g/mol. The molecule has 0 spiro atoms. The molecular weight excluding hydrogens is 242 g/mol. The summed E-state index contributed by atoms with van der Waals surface area (Å²) in [6, 6.07) is 10.5. The molecule has 3 nitrogen and oxygen atoms in total. The second kappa shape index (κ2) is 6.61. The molecule has 0 aliphatic heterocycles. The highest BCUT2D eigenvalue weighted by molar-refractivity contribution is 7.99. The summed E-state index contributed by atoms with van der Waals surface area (Å²) in [6.07, 6.45) is 4.68. The number of imidazole rings is 1. The fourth-order valence-corrected chi connectivity index (χ4v) is 2.71. The number of rotatable bonds is 6. The van der Waals surface area contributed by atoms with Crippen LogP contribution in [-0.2, 0) is 13.0 Å². The smallest absolute Gasteiger partial charge is 0.110 e. The zero-order valence-corrected chi connectivity index (χ0v) is 11.4. The number of thioether (sulfide) groups is 1. The molecule has 1 heterocycles. The summed E-state index contributed by atoms with van der Waals surface area (Å²) >= 11 is 1.80. The van der Waals surface area contributed by atoms with E-state index in [1.54, 1.807) is 11.8 Å². The third-order valence-corrected chi connectivity index (χ3v) is 3.99. The van der Waals surface area contributed by atoms with E-state index in [9.17, 15) is 0 Å². The molecule has 0 radical (unpaired) electrons. The van der Waals surface area contributed by atoms with Crippen molar-refractivity contribution in [3.63, 3.8) is 0 Å². The van der Waals surface area contributed by atoms with Crippen molar-refractivity contribution in [3.8, 4) is 0 Å². The Hall–Kier alpha value is -1.26. The molecule has 0 fully saturated rings. The van der Waals surface area contributed by atoms with E-state index < -0.39 is 0 Å². The van der Waals surface area contributed by atoms with E-state index in [2.05, 4.69) is 40.7 Å². The Morgan fingerprint density at radius 3 is 2.83 bits per heavy atom. The maximum Gasteiger partial charge on any atom is 0.110 e. The molecule has 0 amide bonds. The fraction of sp³-hybridized carbons (Fsp3) is 0.357. The quantitative estimate of drug-likeness (QED) is 0.813. The van der Waals surface area contributed by atoms with E-state index in [0.717, 1.165) is 24.5 Å². The monoisotopic (exact) mass is 261 g/mol. The van der Waals surface area contributed by atoms with Crippen molar-refractivity contribution in [1.82, 2.24) is 9.55 Å². The summed E-state index contributed by atoms with van der Waals surface area (Å²) in [7, 11) is 0. The van der Waals surface area contributed by atoms with Crippen LogP contribution in [-0.4, -0.2) is 21.3 Å². The van der Waals surface area contributed by atoms with Gasteiger partial charge in [-0.05, 0) is 19.1 Å². The largest absolute Gasteiger partial charge is 0.335 e. The van der Waals surface area contributed by atoms with Gasteiger partial charge in [0.15, 0.2) is 0 Å². The lowest BCUT2D eigenvalue weighted by molar-refractivity contribution is 0.641. The Morgan fingerprint density at radius 2 is 2.11 bits per heavy atom. The molecule has 4 heteroatoms. The van der Waals surface area contributed by atoms with Crippen molar-refractivity contribution in [1.29, 1.82) is 0 Å². The van der Waals surface area contributed by atoms with E-state index in [1.807, 2.05) is 18.5 Å². The topological polar surface area (TPSA) is 43.8 Å². The van der Waals surface area contributed by atoms with Gasteiger partial charge in [0.2, 0.25) is 0 Å². The third-order valence-electron chi connectivity index (χ3n) is 2.79. The molecule has 96 valence electrons. The van der Waals surface area contributed by atoms with Crippen molar-refractivity contribution in [3.05, 3.63) is 48.5 Å². The Labute approximate surface area is 112 Å². The van der Waals surface area contributed by atoms with Gasteiger partial charge < -0.3 is 10.3 Å². The summed E-state index contributed by atoms with van der Waals surface area (Å²) in [5.41, 5.74) is 6.16. The van der Waals surface area contributed by atoms with Crippen LogP contribution in [0.1, 0.15) is 12.7 Å². The Balaban J connectivity index is 1.84. The van der Waals surface area contributed by atoms with Crippen molar-refractivity contribution in [2.24, 2.45) is 5.73 Å². The SMILES string of the molecule is CCn1ccnc1CC(N)CSc1ccccc1. The van der Waals surface area contributed by atoms with Crippen LogP contribution in [0, 0.1) is 0 Å². The Kier molecular flexibility index (Phi) is 4.84. The summed E-state index contributed by atoms with van der Waals surface area (Å²) < 4.78 is 2.15. The van der Waals surface area contributed by atoms with Gasteiger partial charge in [-0.3, -0.25) is 0 Å². The average Bonchev–Trinajstić information content (AvgIpc) is 2.85. The minimum atomic E-state index is 0.142. The molecular formula is C14H19N3S. The molecule has 2 aromatic rings. The molecule has 1 aromatic carbocycles. The number of hydrogen-bond donors (Lipinski definition) is 1. The van der Waals surface area contributed by atoms with Crippen LogP contribution in [0.3, 0.4) is 0 Å². The van der Waals surface area contributed by atoms with Crippen molar-refractivity contribution in [2.45, 2.75) is 30.8 Å². The first-order valence-electron chi connectivity index (χ1n) is 6.23. The van der Waals surface area contributed by atoms with E-state index in [-0.39, 0.29) is 6.04 Å². The summed E-state index contributed by atoms with van der Waals surface area (Å²) in [5, 5.41) is 0. The minimum absolute atomic E-state index is 0.142. The maximum atomic E-state index is 6.16. The van der Waals surface area contributed by atoms with E-state index in [1.165, 1.54) is 4.90 Å². The first-order valence-corrected chi connectivity index (χ1v) is 7.21. The van der Waals surface area contributed by atoms with Gasteiger partial charge in [0.25, 0.3) is 0 Å². The van der Waals surface area contributed by atoms with E-state index >= 15 is 0 Å². The second-order valence-corrected chi connectivity index (χ2v) is 5.31. The minimum Gasteiger partial charge on any atom is -0.335 e. The molecule has 1 aromatic heterocycles. The molecule has 2 rings (SSSR count). The van der Waals surface area contributed by atoms with E-state index in [4.69, 9.17) is 5.73 Å². The molecule has 0 aliphatic carbocycles. The zero-order valence-electron chi connectivity index (χ0n) is 10.6. The predicted molar refractivity (Wildman–Crippen MR) is 76.7 cm³/mol. The first kappa shape index (κ1) is 13.2. The molecule has 2 N–H and O–H groups in total. The number of hydrogen-bond acceptors (Lipinski definition) is 3. The van der Waals surface area contributed by atoms with Crippen LogP contribution in [0.15, 0.2) is 47.6 Å². The van der Waals surface area contributed by atoms with Crippen molar-refractivity contribution < 1.29 is 0 Å². The van der Waals surface area contributed by atoms with Crippen molar-refractivity contribution >= 4 is 11.8 Å². The van der Waals surface area contributed by atoms with E-state index in [0.29, 0.717) is 0 Å². The van der Waals surface area contributed by atoms with Crippen LogP contribution >= 0.6 is 11.8 Å². The predicted octanol–water partition coefficient (Wildman–Crippen LogP) is 2.57. The molecule has 18 heavy (non-hydrogen) atoms. The van der Waals surface area contributed by atoms with Gasteiger partial charge in [0.05, 0.1) is 0 Å². The highest BCUT2D eigenvalue weighted by Crippen LogP contribution is 2.18. The first-order chi connectivity index (χ1) is 8.79. The number of aromatic nitrogens is 2. The number of aryl methyl sites for hydroxylation is 1. The maximum absolute atomic E-state index is 6.16. The molecule has 0 saturated heterocycles. The summed E-state index contributed by atoms with van der Waals surface area (Å²) in [6.45, 7) is 3.07. The zero-order chi connectivity index (χ0) is 12.8. The van der Waals surface area contributed by atoms with Gasteiger partial charge in [0, 0.05) is 42.0 Å². The Bertz CT molecular complexity index is 467. The molecule has 1 unspecified atom stereocenters. The third kappa shape index (κ3) is 3.62. The van der Waals surface area contributed by atoms with Crippen molar-refractivity contribution in [2.75, 3.05) is 5.75 Å². The van der Waals surface area contributed by atoms with Crippen LogP contribution < -0.4 is 5.73 Å². The number of benzene rings is 1.